The third-order valence-corrected chi connectivity index (χ3v) is 4.68. The van der Waals surface area contributed by atoms with Crippen LogP contribution < -0.4 is 5.32 Å². The largest absolute Gasteiger partial charge is 0.465 e. The average molecular weight is 389 g/mol. The third kappa shape index (κ3) is 3.30. The van der Waals surface area contributed by atoms with Gasteiger partial charge >= 0.3 is 5.97 Å². The van der Waals surface area contributed by atoms with Gasteiger partial charge in [0, 0.05) is 15.0 Å². The zero-order valence-electron chi connectivity index (χ0n) is 10.2. The molecular formula is C13H12INO3S. The minimum Gasteiger partial charge on any atom is -0.465 e. The molecular weight excluding hydrogens is 377 g/mol. The molecule has 1 amide bonds. The molecule has 0 spiro atoms. The fourth-order valence-electron chi connectivity index (χ4n) is 1.70. The van der Waals surface area contributed by atoms with Crippen molar-refractivity contribution in [2.24, 2.45) is 0 Å². The van der Waals surface area contributed by atoms with E-state index in [1.807, 2.05) is 18.2 Å². The lowest BCUT2D eigenvalue weighted by atomic mass is 10.2. The van der Waals surface area contributed by atoms with E-state index < -0.39 is 0 Å². The number of allylic oxidation sites excluding steroid dienone is 1. The van der Waals surface area contributed by atoms with E-state index in [4.69, 9.17) is 4.74 Å². The van der Waals surface area contributed by atoms with Crippen LogP contribution in [0.25, 0.3) is 0 Å². The van der Waals surface area contributed by atoms with Crippen LogP contribution in [0.3, 0.4) is 0 Å². The molecule has 0 radical (unpaired) electrons. The van der Waals surface area contributed by atoms with E-state index in [1.165, 1.54) is 18.9 Å². The van der Waals surface area contributed by atoms with Crippen LogP contribution >= 0.6 is 34.4 Å². The van der Waals surface area contributed by atoms with Crippen LogP contribution in [0, 0.1) is 3.57 Å². The van der Waals surface area contributed by atoms with Gasteiger partial charge in [0.05, 0.1) is 12.7 Å². The van der Waals surface area contributed by atoms with Gasteiger partial charge in [-0.05, 0) is 41.1 Å². The zero-order valence-corrected chi connectivity index (χ0v) is 13.2. The van der Waals surface area contributed by atoms with E-state index in [0.29, 0.717) is 22.6 Å². The van der Waals surface area contributed by atoms with Crippen LogP contribution in [0.15, 0.2) is 34.9 Å². The first-order valence-electron chi connectivity index (χ1n) is 5.63. The van der Waals surface area contributed by atoms with Gasteiger partial charge in [0.2, 0.25) is 0 Å². The molecule has 100 valence electrons. The highest BCUT2D eigenvalue weighted by atomic mass is 127. The van der Waals surface area contributed by atoms with Crippen LogP contribution in [-0.4, -0.2) is 24.7 Å². The molecule has 0 aromatic heterocycles. The molecule has 1 aliphatic rings. The molecule has 0 bridgehead atoms. The average Bonchev–Trinajstić information content (AvgIpc) is 2.86. The van der Waals surface area contributed by atoms with Gasteiger partial charge in [0.1, 0.15) is 4.91 Å². The van der Waals surface area contributed by atoms with Crippen molar-refractivity contribution < 1.29 is 14.3 Å². The van der Waals surface area contributed by atoms with Gasteiger partial charge in [-0.15, -0.1) is 11.8 Å². The van der Waals surface area contributed by atoms with Crippen molar-refractivity contribution >= 4 is 46.2 Å². The molecule has 1 aromatic rings. The fraction of sp³-hybridized carbons (Fsp3) is 0.231. The van der Waals surface area contributed by atoms with Crippen molar-refractivity contribution in [3.05, 3.63) is 44.0 Å². The maximum Gasteiger partial charge on any atom is 0.346 e. The first kappa shape index (κ1) is 14.4. The number of methoxy groups -OCH3 is 1. The Labute approximate surface area is 129 Å². The summed E-state index contributed by atoms with van der Waals surface area (Å²) in [5, 5.41) is 2.82. The van der Waals surface area contributed by atoms with Crippen molar-refractivity contribution in [3.8, 4) is 0 Å². The van der Waals surface area contributed by atoms with Crippen LogP contribution in [-0.2, 0) is 9.53 Å². The molecule has 0 saturated carbocycles. The van der Waals surface area contributed by atoms with E-state index in [0.717, 1.165) is 9.32 Å². The first-order valence-corrected chi connectivity index (χ1v) is 7.70. The lowest BCUT2D eigenvalue weighted by Crippen LogP contribution is -2.24. The molecule has 4 nitrogen and oxygen atoms in total. The van der Waals surface area contributed by atoms with Crippen molar-refractivity contribution in [2.45, 2.75) is 6.42 Å². The number of thioether (sulfide) groups is 1. The second-order valence-corrected chi connectivity index (χ2v) is 6.10. The highest BCUT2D eigenvalue weighted by Crippen LogP contribution is 2.30. The molecule has 6 heteroatoms. The Morgan fingerprint density at radius 2 is 2.11 bits per heavy atom. The van der Waals surface area contributed by atoms with Crippen LogP contribution in [0.1, 0.15) is 16.8 Å². The molecule has 0 atom stereocenters. The summed E-state index contributed by atoms with van der Waals surface area (Å²) in [6.45, 7) is 0. The Morgan fingerprint density at radius 3 is 2.79 bits per heavy atom. The highest BCUT2D eigenvalue weighted by molar-refractivity contribution is 14.1. The number of nitrogens with one attached hydrogen (secondary N) is 1. The van der Waals surface area contributed by atoms with Crippen molar-refractivity contribution in [1.29, 1.82) is 0 Å². The van der Waals surface area contributed by atoms with Crippen molar-refractivity contribution in [2.75, 3.05) is 12.9 Å². The summed E-state index contributed by atoms with van der Waals surface area (Å²) in [6.07, 6.45) is 0.671. The molecule has 19 heavy (non-hydrogen) atoms. The van der Waals surface area contributed by atoms with Gasteiger partial charge in [0.25, 0.3) is 5.91 Å². The smallest absolute Gasteiger partial charge is 0.346 e. The Bertz CT molecular complexity index is 557. The molecule has 0 aliphatic carbocycles. The normalized spacial score (nSPS) is 14.4. The van der Waals surface area contributed by atoms with Crippen molar-refractivity contribution in [1.82, 2.24) is 5.32 Å². The van der Waals surface area contributed by atoms with Crippen molar-refractivity contribution in [3.63, 3.8) is 0 Å². The molecule has 0 fully saturated rings. The molecule has 1 aromatic carbocycles. The maximum atomic E-state index is 12.2. The Kier molecular flexibility index (Phi) is 4.87. The van der Waals surface area contributed by atoms with E-state index in [9.17, 15) is 9.59 Å². The van der Waals surface area contributed by atoms with Crippen LogP contribution in [0.4, 0.5) is 0 Å². The predicted molar refractivity (Wildman–Crippen MR) is 82.7 cm³/mol. The molecule has 0 unspecified atom stereocenters. The molecule has 2 rings (SSSR count). The number of hydrogen-bond donors (Lipinski definition) is 1. The molecule has 1 heterocycles. The number of halogens is 1. The fourth-order valence-corrected chi connectivity index (χ4v) is 3.37. The summed E-state index contributed by atoms with van der Waals surface area (Å²) in [5.74, 6) is 0.204. The van der Waals surface area contributed by atoms with Gasteiger partial charge in [-0.1, -0.05) is 12.1 Å². The van der Waals surface area contributed by atoms with E-state index in [-0.39, 0.29) is 11.9 Å². The highest BCUT2D eigenvalue weighted by Gasteiger charge is 2.24. The van der Waals surface area contributed by atoms with E-state index >= 15 is 0 Å². The van der Waals surface area contributed by atoms with Gasteiger partial charge < -0.3 is 10.1 Å². The van der Waals surface area contributed by atoms with Gasteiger partial charge in [-0.3, -0.25) is 4.79 Å². The van der Waals surface area contributed by atoms with Gasteiger partial charge in [-0.2, -0.15) is 0 Å². The Morgan fingerprint density at radius 1 is 1.37 bits per heavy atom. The summed E-state index contributed by atoms with van der Waals surface area (Å²) in [6, 6.07) is 7.32. The number of esters is 1. The molecule has 1 aliphatic heterocycles. The second-order valence-electron chi connectivity index (χ2n) is 3.83. The predicted octanol–water partition coefficient (Wildman–Crippen LogP) is 2.54. The number of benzene rings is 1. The zero-order chi connectivity index (χ0) is 13.8. The summed E-state index contributed by atoms with van der Waals surface area (Å²) in [5.41, 5.74) is 1.26. The lowest BCUT2D eigenvalue weighted by Gasteiger charge is -2.09. The Hall–Kier alpha value is -1.02. The quantitative estimate of drug-likeness (QED) is 0.638. The standard InChI is InChI=1S/C13H12INO3S/c1-18-13(17)11-10(6-7-19-11)15-12(16)8-4-2-3-5-9(8)14/h2-5H,6-7H2,1H3,(H,15,16). The third-order valence-electron chi connectivity index (χ3n) is 2.63. The molecule has 1 N–H and O–H groups in total. The summed E-state index contributed by atoms with van der Waals surface area (Å²) in [7, 11) is 1.34. The van der Waals surface area contributed by atoms with Crippen LogP contribution in [0.2, 0.25) is 0 Å². The minimum absolute atomic E-state index is 0.191. The first-order chi connectivity index (χ1) is 9.13. The van der Waals surface area contributed by atoms with Crippen LogP contribution in [0.5, 0.6) is 0 Å². The number of hydrogen-bond acceptors (Lipinski definition) is 4. The second kappa shape index (κ2) is 6.42. The minimum atomic E-state index is -0.388. The van der Waals surface area contributed by atoms with E-state index in [2.05, 4.69) is 27.9 Å². The summed E-state index contributed by atoms with van der Waals surface area (Å²) >= 11 is 3.53. The number of amides is 1. The maximum absolute atomic E-state index is 12.2. The number of rotatable bonds is 3. The Balaban J connectivity index is 2.19. The summed E-state index contributed by atoms with van der Waals surface area (Å²) < 4.78 is 5.58. The number of carbonyl (C=O) groups excluding carboxylic acids is 2. The van der Waals surface area contributed by atoms with Gasteiger partial charge in [-0.25, -0.2) is 4.79 Å². The monoisotopic (exact) mass is 389 g/mol. The molecule has 0 saturated heterocycles. The SMILES string of the molecule is COC(=O)C1=C(NC(=O)c2ccccc2I)CCS1. The topological polar surface area (TPSA) is 55.4 Å². The summed E-state index contributed by atoms with van der Waals surface area (Å²) in [4.78, 5) is 24.2. The van der Waals surface area contributed by atoms with E-state index in [1.54, 1.807) is 6.07 Å². The van der Waals surface area contributed by atoms with Gasteiger partial charge in [0.15, 0.2) is 0 Å². The number of carbonyl (C=O) groups is 2. The lowest BCUT2D eigenvalue weighted by molar-refractivity contribution is -0.135. The number of ether oxygens (including phenoxy) is 1.